The van der Waals surface area contributed by atoms with Gasteiger partial charge >= 0.3 is 5.97 Å². The van der Waals surface area contributed by atoms with Crippen LogP contribution in [0.25, 0.3) is 17.5 Å². The van der Waals surface area contributed by atoms with E-state index in [4.69, 9.17) is 23.4 Å². The van der Waals surface area contributed by atoms with E-state index in [1.54, 1.807) is 32.2 Å². The second-order valence-electron chi connectivity index (χ2n) is 6.47. The van der Waals surface area contributed by atoms with Gasteiger partial charge in [-0.15, -0.1) is 10.2 Å². The minimum atomic E-state index is -0.693. The molecule has 8 nitrogen and oxygen atoms in total. The van der Waals surface area contributed by atoms with Crippen LogP contribution in [-0.4, -0.2) is 36.5 Å². The summed E-state index contributed by atoms with van der Waals surface area (Å²) in [5.41, 5.74) is 1.51. The maximum absolute atomic E-state index is 12.2. The van der Waals surface area contributed by atoms with E-state index in [0.717, 1.165) is 5.56 Å². The second-order valence-corrected chi connectivity index (χ2v) is 6.47. The van der Waals surface area contributed by atoms with E-state index in [-0.39, 0.29) is 5.89 Å². The zero-order chi connectivity index (χ0) is 20.9. The maximum Gasteiger partial charge on any atom is 0.331 e. The van der Waals surface area contributed by atoms with Crippen LogP contribution in [0.4, 0.5) is 0 Å². The fraction of sp³-hybridized carbons (Fsp3) is 0.227. The van der Waals surface area contributed by atoms with E-state index < -0.39 is 12.1 Å². The molecule has 8 heteroatoms. The van der Waals surface area contributed by atoms with Crippen molar-refractivity contribution >= 4 is 12.0 Å². The van der Waals surface area contributed by atoms with Gasteiger partial charge in [0.15, 0.2) is 17.6 Å². The molecule has 0 aliphatic carbocycles. The van der Waals surface area contributed by atoms with Crippen LogP contribution in [-0.2, 0) is 9.53 Å². The van der Waals surface area contributed by atoms with E-state index in [9.17, 15) is 4.79 Å². The first-order chi connectivity index (χ1) is 14.6. The van der Waals surface area contributed by atoms with Crippen LogP contribution in [0.3, 0.4) is 0 Å². The Hall–Kier alpha value is -3.81. The van der Waals surface area contributed by atoms with Crippen molar-refractivity contribution < 1.29 is 28.2 Å². The number of carbonyl (C=O) groups excluding carboxylic acids is 1. The summed E-state index contributed by atoms with van der Waals surface area (Å²) in [7, 11) is 1.55. The van der Waals surface area contributed by atoms with Crippen LogP contribution in [0.15, 0.2) is 53.0 Å². The van der Waals surface area contributed by atoms with Gasteiger partial charge in [0.1, 0.15) is 13.2 Å². The van der Waals surface area contributed by atoms with Gasteiger partial charge in [-0.25, -0.2) is 4.79 Å². The Balaban J connectivity index is 1.42. The van der Waals surface area contributed by atoms with Gasteiger partial charge in [0.05, 0.1) is 7.11 Å². The smallest absolute Gasteiger partial charge is 0.331 e. The molecule has 2 heterocycles. The number of benzene rings is 2. The lowest BCUT2D eigenvalue weighted by Crippen LogP contribution is -2.16. The number of aromatic nitrogens is 2. The van der Waals surface area contributed by atoms with E-state index in [0.29, 0.717) is 41.9 Å². The minimum Gasteiger partial charge on any atom is -0.493 e. The van der Waals surface area contributed by atoms with E-state index >= 15 is 0 Å². The quantitative estimate of drug-likeness (QED) is 0.449. The Morgan fingerprint density at radius 1 is 1.13 bits per heavy atom. The summed E-state index contributed by atoms with van der Waals surface area (Å²) in [6.07, 6.45) is 2.23. The van der Waals surface area contributed by atoms with E-state index in [2.05, 4.69) is 10.2 Å². The van der Waals surface area contributed by atoms with Crippen LogP contribution in [0.1, 0.15) is 24.5 Å². The molecule has 0 unspecified atom stereocenters. The second kappa shape index (κ2) is 8.69. The Kier molecular flexibility index (Phi) is 5.65. The lowest BCUT2D eigenvalue weighted by Gasteiger charge is -2.20. The summed E-state index contributed by atoms with van der Waals surface area (Å²) in [5, 5.41) is 7.97. The van der Waals surface area contributed by atoms with Gasteiger partial charge in [0.25, 0.3) is 5.89 Å². The van der Waals surface area contributed by atoms with E-state index in [1.807, 2.05) is 30.3 Å². The largest absolute Gasteiger partial charge is 0.493 e. The number of hydrogen-bond donors (Lipinski definition) is 0. The van der Waals surface area contributed by atoms with Gasteiger partial charge in [-0.3, -0.25) is 0 Å². The molecule has 0 spiro atoms. The van der Waals surface area contributed by atoms with Gasteiger partial charge < -0.3 is 23.4 Å². The number of ether oxygens (including phenoxy) is 4. The number of esters is 1. The summed E-state index contributed by atoms with van der Waals surface area (Å²) in [6, 6.07) is 12.9. The molecule has 0 bridgehead atoms. The molecule has 3 aromatic rings. The molecule has 0 amide bonds. The van der Waals surface area contributed by atoms with Gasteiger partial charge in [0.2, 0.25) is 11.6 Å². The molecule has 1 aliphatic rings. The number of fused-ring (bicyclic) bond motifs is 1. The molecule has 1 aromatic heterocycles. The number of carbonyl (C=O) groups is 1. The summed E-state index contributed by atoms with van der Waals surface area (Å²) in [4.78, 5) is 12.2. The van der Waals surface area contributed by atoms with Crippen molar-refractivity contribution in [1.82, 2.24) is 10.2 Å². The Labute approximate surface area is 173 Å². The molecule has 0 N–H and O–H groups in total. The third kappa shape index (κ3) is 4.27. The van der Waals surface area contributed by atoms with Gasteiger partial charge in [-0.05, 0) is 42.8 Å². The van der Waals surface area contributed by atoms with Crippen LogP contribution in [0.5, 0.6) is 17.2 Å². The molecule has 0 fully saturated rings. The summed E-state index contributed by atoms with van der Waals surface area (Å²) in [6.45, 7) is 2.59. The molecule has 1 aliphatic heterocycles. The molecule has 0 saturated carbocycles. The molecular weight excluding hydrogens is 388 g/mol. The first-order valence-corrected chi connectivity index (χ1v) is 9.39. The highest BCUT2D eigenvalue weighted by atomic mass is 16.6. The van der Waals surface area contributed by atoms with E-state index in [1.165, 1.54) is 6.08 Å². The molecule has 0 radical (unpaired) electrons. The highest BCUT2D eigenvalue weighted by Crippen LogP contribution is 2.40. The first kappa shape index (κ1) is 19.5. The first-order valence-electron chi connectivity index (χ1n) is 9.39. The van der Waals surface area contributed by atoms with Crippen LogP contribution >= 0.6 is 0 Å². The zero-order valence-electron chi connectivity index (χ0n) is 16.5. The third-order valence-corrected chi connectivity index (χ3v) is 4.36. The highest BCUT2D eigenvalue weighted by molar-refractivity contribution is 5.87. The SMILES string of the molecule is COc1cc(/C=C/C(=O)O[C@H](C)c2nnc(-c3ccccc3)o2)cc2c1OCCO2. The van der Waals surface area contributed by atoms with Crippen molar-refractivity contribution in [1.29, 1.82) is 0 Å². The number of methoxy groups -OCH3 is 1. The molecule has 1 atom stereocenters. The lowest BCUT2D eigenvalue weighted by atomic mass is 10.1. The predicted molar refractivity (Wildman–Crippen MR) is 107 cm³/mol. The Morgan fingerprint density at radius 2 is 1.93 bits per heavy atom. The van der Waals surface area contributed by atoms with Crippen molar-refractivity contribution in [2.75, 3.05) is 20.3 Å². The molecular formula is C22H20N2O6. The monoisotopic (exact) mass is 408 g/mol. The maximum atomic E-state index is 12.2. The van der Waals surface area contributed by atoms with Crippen LogP contribution in [0, 0.1) is 0 Å². The average Bonchev–Trinajstić information content (AvgIpc) is 3.28. The van der Waals surface area contributed by atoms with Crippen molar-refractivity contribution in [2.24, 2.45) is 0 Å². The predicted octanol–water partition coefficient (Wildman–Crippen LogP) is 3.83. The fourth-order valence-electron chi connectivity index (χ4n) is 2.91. The fourth-order valence-corrected chi connectivity index (χ4v) is 2.91. The van der Waals surface area contributed by atoms with Gasteiger partial charge in [0, 0.05) is 11.6 Å². The topological polar surface area (TPSA) is 92.9 Å². The summed E-state index contributed by atoms with van der Waals surface area (Å²) < 4.78 is 27.5. The normalized spacial score (nSPS) is 13.8. The van der Waals surface area contributed by atoms with Crippen molar-refractivity contribution in [2.45, 2.75) is 13.0 Å². The molecule has 4 rings (SSSR count). The zero-order valence-corrected chi connectivity index (χ0v) is 16.5. The van der Waals surface area contributed by atoms with Gasteiger partial charge in [-0.1, -0.05) is 18.2 Å². The number of hydrogen-bond acceptors (Lipinski definition) is 8. The summed E-state index contributed by atoms with van der Waals surface area (Å²) in [5.74, 6) is 1.71. The molecule has 30 heavy (non-hydrogen) atoms. The lowest BCUT2D eigenvalue weighted by molar-refractivity contribution is -0.143. The number of rotatable bonds is 6. The van der Waals surface area contributed by atoms with Crippen LogP contribution in [0.2, 0.25) is 0 Å². The van der Waals surface area contributed by atoms with Crippen molar-refractivity contribution in [3.05, 3.63) is 60.0 Å². The van der Waals surface area contributed by atoms with Crippen molar-refractivity contribution in [3.8, 4) is 28.7 Å². The molecule has 2 aromatic carbocycles. The third-order valence-electron chi connectivity index (χ3n) is 4.36. The Bertz CT molecular complexity index is 1040. The average molecular weight is 408 g/mol. The van der Waals surface area contributed by atoms with Gasteiger partial charge in [-0.2, -0.15) is 0 Å². The minimum absolute atomic E-state index is 0.219. The highest BCUT2D eigenvalue weighted by Gasteiger charge is 2.19. The van der Waals surface area contributed by atoms with Crippen LogP contribution < -0.4 is 14.2 Å². The van der Waals surface area contributed by atoms with Crippen molar-refractivity contribution in [3.63, 3.8) is 0 Å². The standard InChI is InChI=1S/C22H20N2O6/c1-14(21-23-24-22(30-21)16-6-4-3-5-7-16)29-19(25)9-8-15-12-17(26-2)20-18(13-15)27-10-11-28-20/h3-9,12-14H,10-11H2,1-2H3/b9-8+/t14-/m1/s1. The Morgan fingerprint density at radius 3 is 2.73 bits per heavy atom. The number of nitrogens with zero attached hydrogens (tertiary/aromatic N) is 2. The summed E-state index contributed by atoms with van der Waals surface area (Å²) >= 11 is 0. The molecule has 0 saturated heterocycles. The molecule has 154 valence electrons.